The number of nitrogen functional groups attached to an aromatic ring is 1. The van der Waals surface area contributed by atoms with Gasteiger partial charge in [0.1, 0.15) is 41.0 Å². The van der Waals surface area contributed by atoms with Gasteiger partial charge in [0, 0.05) is 42.4 Å². The molecule has 15 heteroatoms. The van der Waals surface area contributed by atoms with Crippen molar-refractivity contribution in [2.75, 3.05) is 70.8 Å². The van der Waals surface area contributed by atoms with Crippen molar-refractivity contribution < 1.29 is 27.4 Å². The Morgan fingerprint density at radius 1 is 1.24 bits per heavy atom. The molecule has 6 heterocycles. The van der Waals surface area contributed by atoms with Crippen molar-refractivity contribution in [1.29, 1.82) is 5.26 Å². The Hall–Kier alpha value is -3.61. The highest BCUT2D eigenvalue weighted by Gasteiger charge is 2.50. The summed E-state index contributed by atoms with van der Waals surface area (Å²) >= 11 is 8.08. The highest BCUT2D eigenvalue weighted by atomic mass is 35.5. The molecular formula is C35H37ClF3N7O3S. The van der Waals surface area contributed by atoms with Gasteiger partial charge in [-0.2, -0.15) is 15.2 Å². The van der Waals surface area contributed by atoms with E-state index < -0.39 is 23.3 Å². The Bertz CT molecular complexity index is 2060. The predicted molar refractivity (Wildman–Crippen MR) is 187 cm³/mol. The van der Waals surface area contributed by atoms with E-state index in [9.17, 15) is 9.65 Å². The Morgan fingerprint density at radius 2 is 2.06 bits per heavy atom. The Morgan fingerprint density at radius 3 is 2.84 bits per heavy atom. The number of thiophene rings is 1. The molecule has 0 amide bonds. The van der Waals surface area contributed by atoms with E-state index in [1.165, 1.54) is 12.1 Å². The van der Waals surface area contributed by atoms with Crippen LogP contribution in [-0.4, -0.2) is 104 Å². The van der Waals surface area contributed by atoms with Crippen LogP contribution in [0.15, 0.2) is 12.1 Å². The van der Waals surface area contributed by atoms with E-state index in [2.05, 4.69) is 32.7 Å². The fourth-order valence-corrected chi connectivity index (χ4v) is 9.85. The lowest BCUT2D eigenvalue weighted by molar-refractivity contribution is 0.107. The second-order valence-electron chi connectivity index (χ2n) is 14.2. The summed E-state index contributed by atoms with van der Waals surface area (Å²) in [6.07, 6.45) is 1.10. The molecule has 3 unspecified atom stereocenters. The van der Waals surface area contributed by atoms with E-state index in [1.54, 1.807) is 0 Å². The molecule has 0 bridgehead atoms. The third kappa shape index (κ3) is 5.23. The number of benzene rings is 2. The number of fused-ring (bicyclic) bond motifs is 3. The van der Waals surface area contributed by atoms with Gasteiger partial charge in [-0.15, -0.1) is 11.3 Å². The number of aromatic nitrogens is 2. The summed E-state index contributed by atoms with van der Waals surface area (Å²) in [6.45, 7) is 5.09. The number of ether oxygens (including phenoxy) is 3. The maximum Gasteiger partial charge on any atom is 0.319 e. The van der Waals surface area contributed by atoms with Gasteiger partial charge in [-0.05, 0) is 52.0 Å². The van der Waals surface area contributed by atoms with Gasteiger partial charge in [-0.25, -0.2) is 13.2 Å². The second-order valence-corrected chi connectivity index (χ2v) is 15.6. The third-order valence-electron chi connectivity index (χ3n) is 10.7. The van der Waals surface area contributed by atoms with Gasteiger partial charge in [-0.1, -0.05) is 17.7 Å². The van der Waals surface area contributed by atoms with Gasteiger partial charge in [0.25, 0.3) is 0 Å². The number of hydrogen-bond acceptors (Lipinski definition) is 11. The first-order chi connectivity index (χ1) is 24.0. The lowest BCUT2D eigenvalue weighted by atomic mass is 9.94. The molecule has 4 aliphatic heterocycles. The zero-order valence-corrected chi connectivity index (χ0v) is 29.5. The molecule has 3 saturated heterocycles. The largest absolute Gasteiger partial charge is 0.491 e. The van der Waals surface area contributed by atoms with Crippen molar-refractivity contribution in [2.24, 2.45) is 5.92 Å². The first-order valence-electron chi connectivity index (χ1n) is 16.8. The predicted octanol–water partition coefficient (Wildman–Crippen LogP) is 6.02. The van der Waals surface area contributed by atoms with Crippen molar-refractivity contribution >= 4 is 54.7 Å². The fraction of sp³-hybridized carbons (Fsp3) is 0.514. The summed E-state index contributed by atoms with van der Waals surface area (Å²) in [5, 5.41) is 10.5. The Kier molecular flexibility index (Phi) is 8.42. The highest BCUT2D eigenvalue weighted by molar-refractivity contribution is 7.23. The average molecular weight is 728 g/mol. The number of rotatable bonds is 7. The third-order valence-corrected chi connectivity index (χ3v) is 12.1. The van der Waals surface area contributed by atoms with E-state index in [4.69, 9.17) is 36.5 Å². The van der Waals surface area contributed by atoms with E-state index in [-0.39, 0.29) is 90.7 Å². The van der Waals surface area contributed by atoms with Crippen LogP contribution >= 0.6 is 22.9 Å². The van der Waals surface area contributed by atoms with Crippen LogP contribution in [0.1, 0.15) is 31.7 Å². The normalized spacial score (nSPS) is 25.4. The molecule has 2 N–H and O–H groups in total. The molecule has 2 aromatic heterocycles. The molecule has 0 spiro atoms. The lowest BCUT2D eigenvalue weighted by Gasteiger charge is -2.40. The van der Waals surface area contributed by atoms with Crippen LogP contribution in [0.3, 0.4) is 0 Å². The smallest absolute Gasteiger partial charge is 0.319 e. The number of nitrogens with two attached hydrogens (primary N) is 1. The van der Waals surface area contributed by atoms with Gasteiger partial charge in [0.2, 0.25) is 0 Å². The number of nitrogens with zero attached hydrogens (tertiary/aromatic N) is 6. The van der Waals surface area contributed by atoms with Crippen LogP contribution in [0, 0.1) is 28.9 Å². The van der Waals surface area contributed by atoms with Crippen LogP contribution in [0.5, 0.6) is 11.8 Å². The SMILES string of the molecule is CC(CN(C)C)N1c2nc(OC[C@@]34CCCN3C[C@H](F)C4)nc3c(F)c(-c4ccc(F)c5sc(N)c(C#N)c45)c(Cl)c(c23)OCC2COCC21. The zero-order chi connectivity index (χ0) is 35.1. The molecule has 0 radical (unpaired) electrons. The van der Waals surface area contributed by atoms with Crippen molar-refractivity contribution in [3.05, 3.63) is 34.4 Å². The fourth-order valence-electron chi connectivity index (χ4n) is 8.57. The number of hydrogen-bond donors (Lipinski definition) is 1. The van der Waals surface area contributed by atoms with Crippen LogP contribution in [0.2, 0.25) is 5.02 Å². The minimum Gasteiger partial charge on any atom is -0.491 e. The Balaban J connectivity index is 1.38. The second kappa shape index (κ2) is 12.6. The van der Waals surface area contributed by atoms with Crippen molar-refractivity contribution in [1.82, 2.24) is 19.8 Å². The molecule has 4 aliphatic rings. The minimum atomic E-state index is -0.953. The summed E-state index contributed by atoms with van der Waals surface area (Å²) in [7, 11) is 3.96. The Labute approximate surface area is 296 Å². The molecule has 10 nitrogen and oxygen atoms in total. The molecule has 3 fully saturated rings. The van der Waals surface area contributed by atoms with E-state index >= 15 is 8.78 Å². The van der Waals surface area contributed by atoms with Gasteiger partial charge in [-0.3, -0.25) is 4.90 Å². The van der Waals surface area contributed by atoms with Crippen molar-refractivity contribution in [3.63, 3.8) is 0 Å². The monoisotopic (exact) mass is 727 g/mol. The summed E-state index contributed by atoms with van der Waals surface area (Å²) in [4.78, 5) is 16.0. The number of halogens is 4. The summed E-state index contributed by atoms with van der Waals surface area (Å²) in [6, 6.07) is 4.32. The molecule has 50 heavy (non-hydrogen) atoms. The number of nitriles is 1. The van der Waals surface area contributed by atoms with Gasteiger partial charge in [0.15, 0.2) is 11.6 Å². The van der Waals surface area contributed by atoms with Crippen LogP contribution < -0.4 is 20.1 Å². The van der Waals surface area contributed by atoms with Crippen molar-refractivity contribution in [3.8, 4) is 29.0 Å². The molecular weight excluding hydrogens is 691 g/mol. The van der Waals surface area contributed by atoms with Gasteiger partial charge >= 0.3 is 6.01 Å². The molecule has 2 aromatic carbocycles. The van der Waals surface area contributed by atoms with Crippen LogP contribution in [-0.2, 0) is 4.74 Å². The van der Waals surface area contributed by atoms with Gasteiger partial charge < -0.3 is 29.7 Å². The van der Waals surface area contributed by atoms with Crippen LogP contribution in [0.25, 0.3) is 32.1 Å². The minimum absolute atomic E-state index is 0.0313. The highest BCUT2D eigenvalue weighted by Crippen LogP contribution is 2.52. The summed E-state index contributed by atoms with van der Waals surface area (Å²) in [5.74, 6) is -0.914. The maximum absolute atomic E-state index is 17.4. The topological polar surface area (TPSA) is 113 Å². The standard InChI is InChI=1S/C35H37ClF3N7O3S/c1-17(11-44(2)3)46-23-15-47-13-18(23)14-48-30-26-29(42-34(43-33(26)46)49-16-35-7-4-8-45(35)12-19(37)9-35)28(39)25(27(30)36)20-5-6-22(38)31-24(20)21(10-40)32(41)50-31/h5-6,17-19,23H,4,7-9,11-16,41H2,1-3H3/t17?,18?,19-,23?,35+/m1/s1. The molecule has 8 rings (SSSR count). The average Bonchev–Trinajstić information content (AvgIpc) is 3.82. The number of anilines is 2. The van der Waals surface area contributed by atoms with Gasteiger partial charge in [0.05, 0.1) is 52.1 Å². The molecule has 0 aliphatic carbocycles. The first-order valence-corrected chi connectivity index (χ1v) is 18.0. The zero-order valence-electron chi connectivity index (χ0n) is 27.9. The molecule has 0 saturated carbocycles. The first kappa shape index (κ1) is 33.5. The van der Waals surface area contributed by atoms with E-state index in [0.717, 1.165) is 30.7 Å². The quantitative estimate of drug-likeness (QED) is 0.243. The molecule has 264 valence electrons. The maximum atomic E-state index is 17.4. The number of likely N-dealkylation sites (N-methyl/N-ethyl adjacent to an activating group) is 1. The molecule has 5 atom stereocenters. The van der Waals surface area contributed by atoms with Crippen LogP contribution in [0.4, 0.5) is 24.0 Å². The van der Waals surface area contributed by atoms with Crippen molar-refractivity contribution in [2.45, 2.75) is 50.0 Å². The summed E-state index contributed by atoms with van der Waals surface area (Å²) < 4.78 is 66.1. The summed E-state index contributed by atoms with van der Waals surface area (Å²) in [5.41, 5.74) is 5.66. The lowest BCUT2D eigenvalue weighted by Crippen LogP contribution is -2.51. The van der Waals surface area contributed by atoms with E-state index in [0.29, 0.717) is 38.5 Å². The number of alkyl halides is 1. The van der Waals surface area contributed by atoms with E-state index in [1.807, 2.05) is 14.1 Å². The molecule has 4 aromatic rings.